The van der Waals surface area contributed by atoms with Gasteiger partial charge in [0.05, 0.1) is 17.1 Å². The number of carbonyl (C=O) groups excluding carboxylic acids is 1. The summed E-state index contributed by atoms with van der Waals surface area (Å²) in [5.41, 5.74) is 0.621. The average molecular weight is 273 g/mol. The number of amides is 1. The molecular weight excluding hydrogens is 258 g/mol. The highest BCUT2D eigenvalue weighted by atomic mass is 16.3. The van der Waals surface area contributed by atoms with Gasteiger partial charge in [-0.2, -0.15) is 0 Å². The minimum absolute atomic E-state index is 0.162. The van der Waals surface area contributed by atoms with Gasteiger partial charge in [-0.1, -0.05) is 12.1 Å². The number of benzene rings is 1. The van der Waals surface area contributed by atoms with Crippen molar-refractivity contribution in [2.45, 2.75) is 13.0 Å². The van der Waals surface area contributed by atoms with Crippen LogP contribution in [0.3, 0.4) is 0 Å². The van der Waals surface area contributed by atoms with Gasteiger partial charge in [0.1, 0.15) is 11.8 Å². The van der Waals surface area contributed by atoms with Crippen LogP contribution in [0.2, 0.25) is 0 Å². The van der Waals surface area contributed by atoms with E-state index in [-0.39, 0.29) is 17.9 Å². The van der Waals surface area contributed by atoms with Crippen molar-refractivity contribution in [1.29, 1.82) is 0 Å². The lowest BCUT2D eigenvalue weighted by atomic mass is 10.1. The Hall–Kier alpha value is -2.40. The van der Waals surface area contributed by atoms with Crippen molar-refractivity contribution in [1.82, 2.24) is 5.32 Å². The van der Waals surface area contributed by atoms with Gasteiger partial charge in [0.2, 0.25) is 5.91 Å². The molecule has 5 heteroatoms. The highest BCUT2D eigenvalue weighted by Crippen LogP contribution is 2.10. The van der Waals surface area contributed by atoms with Crippen LogP contribution in [0.1, 0.15) is 12.5 Å². The summed E-state index contributed by atoms with van der Waals surface area (Å²) >= 11 is 0. The summed E-state index contributed by atoms with van der Waals surface area (Å²) in [5, 5.41) is 12.0. The lowest BCUT2D eigenvalue weighted by Gasteiger charge is -2.03. The zero-order valence-corrected chi connectivity index (χ0v) is 11.0. The van der Waals surface area contributed by atoms with Crippen LogP contribution in [0.25, 0.3) is 17.0 Å². The van der Waals surface area contributed by atoms with Crippen molar-refractivity contribution >= 4 is 23.0 Å². The van der Waals surface area contributed by atoms with Crippen molar-refractivity contribution in [2.75, 3.05) is 6.54 Å². The lowest BCUT2D eigenvalue weighted by molar-refractivity contribution is -0.116. The van der Waals surface area contributed by atoms with Crippen LogP contribution in [-0.4, -0.2) is 23.7 Å². The number of aliphatic hydroxyl groups excluding tert-OH is 1. The molecule has 0 spiro atoms. The summed E-state index contributed by atoms with van der Waals surface area (Å²) in [6.45, 7) is 1.73. The number of hydrogen-bond acceptors (Lipinski definition) is 4. The molecule has 5 nitrogen and oxygen atoms in total. The standard InChI is InChI=1S/C15H15NO4/c1-10(17)8-16-14(18)7-6-11-9-20-13-5-3-2-4-12(13)15(11)19/h2-7,9-10,17H,8H2,1H3,(H,16,18)/b7-6+. The molecule has 2 rings (SSSR count). The highest BCUT2D eigenvalue weighted by Gasteiger charge is 2.04. The second-order valence-corrected chi connectivity index (χ2v) is 4.44. The van der Waals surface area contributed by atoms with Gasteiger partial charge in [-0.15, -0.1) is 0 Å². The Kier molecular flexibility index (Phi) is 4.32. The molecule has 0 saturated carbocycles. The molecule has 1 aromatic carbocycles. The Balaban J connectivity index is 2.20. The van der Waals surface area contributed by atoms with Gasteiger partial charge in [0.25, 0.3) is 0 Å². The van der Waals surface area contributed by atoms with Crippen molar-refractivity contribution in [2.24, 2.45) is 0 Å². The first-order valence-electron chi connectivity index (χ1n) is 6.22. The number of rotatable bonds is 4. The zero-order chi connectivity index (χ0) is 14.5. The van der Waals surface area contributed by atoms with Crippen LogP contribution in [0.5, 0.6) is 0 Å². The van der Waals surface area contributed by atoms with Crippen LogP contribution in [-0.2, 0) is 4.79 Å². The normalized spacial score (nSPS) is 12.7. The quantitative estimate of drug-likeness (QED) is 0.823. The molecule has 0 saturated heterocycles. The van der Waals surface area contributed by atoms with Crippen molar-refractivity contribution in [3.05, 3.63) is 52.4 Å². The Labute approximate surface area is 115 Å². The van der Waals surface area contributed by atoms with E-state index in [2.05, 4.69) is 5.32 Å². The minimum Gasteiger partial charge on any atom is -0.463 e. The van der Waals surface area contributed by atoms with E-state index in [0.717, 1.165) is 0 Å². The van der Waals surface area contributed by atoms with E-state index < -0.39 is 6.10 Å². The van der Waals surface area contributed by atoms with E-state index in [1.807, 2.05) is 0 Å². The molecule has 1 heterocycles. The fourth-order valence-corrected chi connectivity index (χ4v) is 1.68. The number of aliphatic hydroxyl groups is 1. The van der Waals surface area contributed by atoms with Crippen molar-refractivity contribution in [3.8, 4) is 0 Å². The Morgan fingerprint density at radius 3 is 2.95 bits per heavy atom. The van der Waals surface area contributed by atoms with Crippen LogP contribution < -0.4 is 10.7 Å². The van der Waals surface area contributed by atoms with Crippen molar-refractivity contribution < 1.29 is 14.3 Å². The maximum Gasteiger partial charge on any atom is 0.244 e. The first kappa shape index (κ1) is 14.0. The SMILES string of the molecule is CC(O)CNC(=O)/C=C/c1coc2ccccc2c1=O. The number of hydrogen-bond donors (Lipinski definition) is 2. The minimum atomic E-state index is -0.613. The largest absolute Gasteiger partial charge is 0.463 e. The topological polar surface area (TPSA) is 79.5 Å². The van der Waals surface area contributed by atoms with Gasteiger partial charge in [-0.3, -0.25) is 9.59 Å². The maximum absolute atomic E-state index is 12.1. The maximum atomic E-state index is 12.1. The summed E-state index contributed by atoms with van der Waals surface area (Å²) in [6, 6.07) is 6.91. The van der Waals surface area contributed by atoms with Gasteiger partial charge in [0, 0.05) is 12.6 Å². The van der Waals surface area contributed by atoms with Gasteiger partial charge in [0.15, 0.2) is 5.43 Å². The van der Waals surface area contributed by atoms with Crippen molar-refractivity contribution in [3.63, 3.8) is 0 Å². The molecule has 0 fully saturated rings. The van der Waals surface area contributed by atoms with E-state index >= 15 is 0 Å². The smallest absolute Gasteiger partial charge is 0.244 e. The monoisotopic (exact) mass is 273 g/mol. The summed E-state index contributed by atoms with van der Waals surface area (Å²) < 4.78 is 5.33. The van der Waals surface area contributed by atoms with E-state index in [1.54, 1.807) is 31.2 Å². The number of carbonyl (C=O) groups is 1. The van der Waals surface area contributed by atoms with Crippen LogP contribution in [0.15, 0.2) is 45.8 Å². The molecule has 1 unspecified atom stereocenters. The molecule has 0 aliphatic heterocycles. The zero-order valence-electron chi connectivity index (χ0n) is 11.0. The second-order valence-electron chi connectivity index (χ2n) is 4.44. The molecule has 104 valence electrons. The molecular formula is C15H15NO4. The molecule has 0 radical (unpaired) electrons. The third-order valence-electron chi connectivity index (χ3n) is 2.69. The van der Waals surface area contributed by atoms with Gasteiger partial charge < -0.3 is 14.8 Å². The molecule has 20 heavy (non-hydrogen) atoms. The highest BCUT2D eigenvalue weighted by molar-refractivity contribution is 5.92. The second kappa shape index (κ2) is 6.16. The molecule has 1 atom stereocenters. The average Bonchev–Trinajstić information content (AvgIpc) is 2.44. The Morgan fingerprint density at radius 2 is 2.20 bits per heavy atom. The van der Waals surface area contributed by atoms with E-state index in [9.17, 15) is 9.59 Å². The fourth-order valence-electron chi connectivity index (χ4n) is 1.68. The summed E-state index contributed by atoms with van der Waals surface area (Å²) in [7, 11) is 0. The molecule has 1 amide bonds. The Morgan fingerprint density at radius 1 is 1.45 bits per heavy atom. The number of para-hydroxylation sites is 1. The van der Waals surface area contributed by atoms with Gasteiger partial charge in [-0.05, 0) is 25.1 Å². The Bertz CT molecular complexity index is 700. The molecule has 0 bridgehead atoms. The third-order valence-corrected chi connectivity index (χ3v) is 2.69. The first-order chi connectivity index (χ1) is 9.58. The van der Waals surface area contributed by atoms with Crippen LogP contribution in [0.4, 0.5) is 0 Å². The van der Waals surface area contributed by atoms with Gasteiger partial charge in [-0.25, -0.2) is 0 Å². The number of nitrogens with one attached hydrogen (secondary N) is 1. The predicted octanol–water partition coefficient (Wildman–Crippen LogP) is 1.30. The summed E-state index contributed by atoms with van der Waals surface area (Å²) in [4.78, 5) is 23.6. The van der Waals surface area contributed by atoms with Crippen LogP contribution in [0, 0.1) is 0 Å². The van der Waals surface area contributed by atoms with Gasteiger partial charge >= 0.3 is 0 Å². The summed E-state index contributed by atoms with van der Waals surface area (Å²) in [6.07, 6.45) is 3.35. The molecule has 0 aliphatic carbocycles. The van der Waals surface area contributed by atoms with E-state index in [4.69, 9.17) is 9.52 Å². The third kappa shape index (κ3) is 3.33. The molecule has 2 aromatic rings. The molecule has 2 N–H and O–H groups in total. The van der Waals surface area contributed by atoms with E-state index in [0.29, 0.717) is 16.5 Å². The fraction of sp³-hybridized carbons (Fsp3) is 0.200. The summed E-state index contributed by atoms with van der Waals surface area (Å²) in [5.74, 6) is -0.376. The number of fused-ring (bicyclic) bond motifs is 1. The lowest BCUT2D eigenvalue weighted by Crippen LogP contribution is -2.29. The molecule has 0 aliphatic rings. The van der Waals surface area contributed by atoms with E-state index in [1.165, 1.54) is 18.4 Å². The molecule has 1 aromatic heterocycles. The predicted molar refractivity (Wildman–Crippen MR) is 76.2 cm³/mol. The van der Waals surface area contributed by atoms with Crippen LogP contribution >= 0.6 is 0 Å². The first-order valence-corrected chi connectivity index (χ1v) is 6.22.